The Morgan fingerprint density at radius 3 is 2.42 bits per heavy atom. The summed E-state index contributed by atoms with van der Waals surface area (Å²) in [7, 11) is 1.76. The highest BCUT2D eigenvalue weighted by atomic mass is 16.2. The first-order chi connectivity index (χ1) is 15.0. The molecule has 1 aliphatic heterocycles. The van der Waals surface area contributed by atoms with Crippen molar-refractivity contribution >= 4 is 28.3 Å². The number of nitrogens with one attached hydrogen (secondary N) is 1. The van der Waals surface area contributed by atoms with Gasteiger partial charge >= 0.3 is 5.69 Å². The third-order valence-corrected chi connectivity index (χ3v) is 6.28. The van der Waals surface area contributed by atoms with Gasteiger partial charge in [0.1, 0.15) is 0 Å². The minimum Gasteiger partial charge on any atom is -0.369 e. The molecule has 1 aliphatic rings. The maximum Gasteiger partial charge on any atom is 0.328 e. The van der Waals surface area contributed by atoms with Crippen molar-refractivity contribution in [1.82, 2.24) is 14.0 Å². The smallest absolute Gasteiger partial charge is 0.328 e. The monoisotopic (exact) mass is 421 g/mol. The van der Waals surface area contributed by atoms with E-state index in [2.05, 4.69) is 34.2 Å². The van der Waals surface area contributed by atoms with Crippen LogP contribution in [0.5, 0.6) is 0 Å². The number of imidazole rings is 1. The second kappa shape index (κ2) is 8.98. The van der Waals surface area contributed by atoms with Crippen molar-refractivity contribution in [1.29, 1.82) is 0 Å². The molecule has 0 bridgehead atoms. The molecule has 1 amide bonds. The lowest BCUT2D eigenvalue weighted by atomic mass is 10.1. The van der Waals surface area contributed by atoms with E-state index in [1.807, 2.05) is 37.3 Å². The molecular weight excluding hydrogens is 390 g/mol. The second-order valence-corrected chi connectivity index (χ2v) is 8.20. The van der Waals surface area contributed by atoms with Crippen molar-refractivity contribution in [3.05, 3.63) is 58.5 Å². The third-order valence-electron chi connectivity index (χ3n) is 6.28. The fraction of sp³-hybridized carbons (Fsp3) is 0.417. The summed E-state index contributed by atoms with van der Waals surface area (Å²) in [5, 5.41) is 3.01. The highest BCUT2D eigenvalue weighted by Gasteiger charge is 2.17. The van der Waals surface area contributed by atoms with Crippen molar-refractivity contribution in [3.63, 3.8) is 0 Å². The van der Waals surface area contributed by atoms with E-state index in [9.17, 15) is 9.59 Å². The van der Waals surface area contributed by atoms with Crippen LogP contribution in [0.2, 0.25) is 0 Å². The third kappa shape index (κ3) is 4.37. The van der Waals surface area contributed by atoms with Crippen LogP contribution in [0.4, 0.5) is 11.4 Å². The second-order valence-electron chi connectivity index (χ2n) is 8.20. The molecule has 7 heteroatoms. The van der Waals surface area contributed by atoms with Gasteiger partial charge in [0.2, 0.25) is 5.91 Å². The van der Waals surface area contributed by atoms with E-state index in [0.29, 0.717) is 6.54 Å². The Morgan fingerprint density at radius 2 is 1.74 bits per heavy atom. The van der Waals surface area contributed by atoms with Gasteiger partial charge < -0.3 is 15.1 Å². The molecule has 1 saturated heterocycles. The first kappa shape index (κ1) is 21.2. The number of carbonyl (C=O) groups excluding carboxylic acids is 1. The number of anilines is 2. The lowest BCUT2D eigenvalue weighted by Gasteiger charge is -2.35. The molecule has 3 aromatic rings. The molecule has 0 atom stereocenters. The number of aromatic nitrogens is 2. The van der Waals surface area contributed by atoms with Crippen LogP contribution in [0.25, 0.3) is 11.0 Å². The zero-order valence-electron chi connectivity index (χ0n) is 18.6. The molecule has 0 spiro atoms. The lowest BCUT2D eigenvalue weighted by molar-refractivity contribution is -0.116. The van der Waals surface area contributed by atoms with Gasteiger partial charge in [0, 0.05) is 57.6 Å². The van der Waals surface area contributed by atoms with Crippen LogP contribution in [0.3, 0.4) is 0 Å². The van der Waals surface area contributed by atoms with E-state index in [-0.39, 0.29) is 18.0 Å². The number of benzene rings is 2. The first-order valence-electron chi connectivity index (χ1n) is 11.0. The Kier molecular flexibility index (Phi) is 6.13. The highest BCUT2D eigenvalue weighted by molar-refractivity contribution is 5.91. The van der Waals surface area contributed by atoms with E-state index in [1.54, 1.807) is 16.2 Å². The summed E-state index contributed by atoms with van der Waals surface area (Å²) in [6.07, 6.45) is 0.244. The van der Waals surface area contributed by atoms with Crippen LogP contribution in [-0.2, 0) is 18.4 Å². The molecule has 4 rings (SSSR count). The molecule has 1 aromatic heterocycles. The quantitative estimate of drug-likeness (QED) is 0.665. The Morgan fingerprint density at radius 1 is 1.03 bits per heavy atom. The normalized spacial score (nSPS) is 14.9. The van der Waals surface area contributed by atoms with Gasteiger partial charge in [0.05, 0.1) is 11.0 Å². The van der Waals surface area contributed by atoms with Crippen molar-refractivity contribution in [2.75, 3.05) is 42.9 Å². The van der Waals surface area contributed by atoms with Crippen molar-refractivity contribution in [2.24, 2.45) is 7.05 Å². The average Bonchev–Trinajstić information content (AvgIpc) is 3.04. The maximum atomic E-state index is 12.6. The van der Waals surface area contributed by atoms with Gasteiger partial charge in [-0.2, -0.15) is 0 Å². The molecule has 0 aliphatic carbocycles. The summed E-state index contributed by atoms with van der Waals surface area (Å²) < 4.78 is 3.29. The summed E-state index contributed by atoms with van der Waals surface area (Å²) >= 11 is 0. The Bertz CT molecular complexity index is 1140. The molecule has 1 N–H and O–H groups in total. The van der Waals surface area contributed by atoms with E-state index >= 15 is 0 Å². The summed E-state index contributed by atoms with van der Waals surface area (Å²) in [6, 6.07) is 13.9. The minimum absolute atomic E-state index is 0.0905. The van der Waals surface area contributed by atoms with E-state index in [0.717, 1.165) is 55.0 Å². The predicted octanol–water partition coefficient (Wildman–Crippen LogP) is 2.82. The zero-order valence-corrected chi connectivity index (χ0v) is 18.6. The molecule has 2 heterocycles. The van der Waals surface area contributed by atoms with Crippen molar-refractivity contribution < 1.29 is 4.79 Å². The van der Waals surface area contributed by atoms with Gasteiger partial charge in [-0.1, -0.05) is 19.1 Å². The molecule has 7 nitrogen and oxygen atoms in total. The molecular formula is C24H31N5O2. The summed E-state index contributed by atoms with van der Waals surface area (Å²) in [5.41, 5.74) is 4.70. The number of hydrogen-bond acceptors (Lipinski definition) is 4. The Labute approximate surface area is 182 Å². The van der Waals surface area contributed by atoms with E-state index < -0.39 is 0 Å². The van der Waals surface area contributed by atoms with Gasteiger partial charge in [-0.15, -0.1) is 0 Å². The maximum absolute atomic E-state index is 12.6. The standard InChI is InChI=1S/C24H31N5O2/c1-4-27-13-15-28(16-14-27)19-9-10-20(18(2)17-19)25-23(30)11-12-29-22-8-6-5-7-21(22)26(3)24(29)31/h5-10,17H,4,11-16H2,1-3H3,(H,25,30). The molecule has 0 unspecified atom stereocenters. The van der Waals surface area contributed by atoms with E-state index in [1.165, 1.54) is 5.69 Å². The van der Waals surface area contributed by atoms with Gasteiger partial charge in [-0.25, -0.2) is 4.79 Å². The zero-order chi connectivity index (χ0) is 22.0. The van der Waals surface area contributed by atoms with Crippen LogP contribution in [-0.4, -0.2) is 52.7 Å². The molecule has 31 heavy (non-hydrogen) atoms. The molecule has 164 valence electrons. The topological polar surface area (TPSA) is 62.5 Å². The van der Waals surface area contributed by atoms with Gasteiger partial charge in [0.15, 0.2) is 0 Å². The summed E-state index contributed by atoms with van der Waals surface area (Å²) in [5.74, 6) is -0.0905. The van der Waals surface area contributed by atoms with Gasteiger partial charge in [-0.3, -0.25) is 13.9 Å². The SMILES string of the molecule is CCN1CCN(c2ccc(NC(=O)CCn3c(=O)n(C)c4ccccc43)c(C)c2)CC1. The molecule has 0 radical (unpaired) electrons. The van der Waals surface area contributed by atoms with Crippen molar-refractivity contribution in [2.45, 2.75) is 26.8 Å². The number of fused-ring (bicyclic) bond motifs is 1. The fourth-order valence-electron chi connectivity index (χ4n) is 4.31. The average molecular weight is 422 g/mol. The number of hydrogen-bond donors (Lipinski definition) is 1. The van der Waals surface area contributed by atoms with Crippen LogP contribution < -0.4 is 15.9 Å². The first-order valence-corrected chi connectivity index (χ1v) is 11.0. The number of rotatable bonds is 6. The summed E-state index contributed by atoms with van der Waals surface area (Å²) in [6.45, 7) is 9.90. The number of para-hydroxylation sites is 2. The molecule has 2 aromatic carbocycles. The van der Waals surface area contributed by atoms with Crippen molar-refractivity contribution in [3.8, 4) is 0 Å². The van der Waals surface area contributed by atoms with Crippen LogP contribution in [0, 0.1) is 6.92 Å². The van der Waals surface area contributed by atoms with Crippen LogP contribution in [0.1, 0.15) is 18.9 Å². The number of aryl methyl sites for hydroxylation is 3. The number of piperazine rings is 1. The number of likely N-dealkylation sites (N-methyl/N-ethyl adjacent to an activating group) is 1. The van der Waals surface area contributed by atoms with Crippen LogP contribution >= 0.6 is 0 Å². The number of amides is 1. The number of nitrogens with zero attached hydrogens (tertiary/aromatic N) is 4. The predicted molar refractivity (Wildman–Crippen MR) is 126 cm³/mol. The minimum atomic E-state index is -0.0993. The highest BCUT2D eigenvalue weighted by Crippen LogP contribution is 2.24. The van der Waals surface area contributed by atoms with Gasteiger partial charge in [-0.05, 0) is 49.4 Å². The lowest BCUT2D eigenvalue weighted by Crippen LogP contribution is -2.46. The molecule has 0 saturated carbocycles. The van der Waals surface area contributed by atoms with Gasteiger partial charge in [0.25, 0.3) is 0 Å². The Hall–Kier alpha value is -3.06. The fourth-order valence-corrected chi connectivity index (χ4v) is 4.31. The number of carbonyl (C=O) groups is 1. The largest absolute Gasteiger partial charge is 0.369 e. The summed E-state index contributed by atoms with van der Waals surface area (Å²) in [4.78, 5) is 30.0. The molecule has 1 fully saturated rings. The van der Waals surface area contributed by atoms with E-state index in [4.69, 9.17) is 0 Å². The Balaban J connectivity index is 1.39. The van der Waals surface area contributed by atoms with Crippen LogP contribution in [0.15, 0.2) is 47.3 Å².